The molecule has 0 spiro atoms. The van der Waals surface area contributed by atoms with Crippen molar-refractivity contribution < 1.29 is 4.98 Å². The molecule has 0 aliphatic rings. The van der Waals surface area contributed by atoms with Gasteiger partial charge in [-0.05, 0) is 80.6 Å². The molecular formula is C39H28N7+. The van der Waals surface area contributed by atoms with Crippen molar-refractivity contribution in [3.05, 3.63) is 139 Å². The zero-order valence-electron chi connectivity index (χ0n) is 25.3. The molecule has 0 saturated heterocycles. The van der Waals surface area contributed by atoms with Crippen LogP contribution in [-0.2, 0) is 0 Å². The maximum Gasteiger partial charge on any atom is 0.230 e. The van der Waals surface area contributed by atoms with Gasteiger partial charge < -0.3 is 0 Å². The van der Waals surface area contributed by atoms with Crippen molar-refractivity contribution in [3.63, 3.8) is 0 Å². The summed E-state index contributed by atoms with van der Waals surface area (Å²) in [6.07, 6.45) is 7.55. The van der Waals surface area contributed by atoms with E-state index in [1.165, 1.54) is 21.9 Å². The summed E-state index contributed by atoms with van der Waals surface area (Å²) in [5, 5.41) is 4.57. The number of hydrogen-bond acceptors (Lipinski definition) is 4. The van der Waals surface area contributed by atoms with Gasteiger partial charge in [-0.15, -0.1) is 0 Å². The van der Waals surface area contributed by atoms with E-state index in [1.54, 1.807) is 0 Å². The van der Waals surface area contributed by atoms with E-state index in [-0.39, 0.29) is 0 Å². The van der Waals surface area contributed by atoms with Crippen LogP contribution in [-0.4, -0.2) is 29.1 Å². The number of pyridine rings is 5. The number of benzene rings is 2. The Hall–Kier alpha value is -6.21. The quantitative estimate of drug-likeness (QED) is 0.206. The van der Waals surface area contributed by atoms with Crippen LogP contribution in [0.15, 0.2) is 128 Å². The molecule has 7 nitrogen and oxygen atoms in total. The maximum absolute atomic E-state index is 5.16. The molecule has 2 aromatic carbocycles. The first-order chi connectivity index (χ1) is 22.6. The predicted molar refractivity (Wildman–Crippen MR) is 183 cm³/mol. The number of aryl methyl sites for hydroxylation is 2. The number of hydrogen-bond donors (Lipinski definition) is 0. The Bertz CT molecular complexity index is 2450. The third kappa shape index (κ3) is 4.09. The number of nitrogens with one attached hydrogen (secondary N) is 1. The van der Waals surface area contributed by atoms with Gasteiger partial charge in [-0.25, -0.2) is 15.0 Å². The summed E-state index contributed by atoms with van der Waals surface area (Å²) in [6.45, 7) is 4.24. The van der Waals surface area contributed by atoms with Crippen LogP contribution in [0.25, 0.3) is 78.0 Å². The summed E-state index contributed by atoms with van der Waals surface area (Å²) in [4.78, 5) is 22.8. The summed E-state index contributed by atoms with van der Waals surface area (Å²) in [6, 6.07) is 35.6. The van der Waals surface area contributed by atoms with Gasteiger partial charge in [0.1, 0.15) is 23.0 Å². The van der Waals surface area contributed by atoms with Gasteiger partial charge in [0, 0.05) is 58.5 Å². The van der Waals surface area contributed by atoms with E-state index in [4.69, 9.17) is 9.97 Å². The summed E-state index contributed by atoms with van der Waals surface area (Å²) in [5.74, 6) is 1.70. The highest BCUT2D eigenvalue weighted by Crippen LogP contribution is 2.33. The van der Waals surface area contributed by atoms with E-state index in [2.05, 4.69) is 123 Å². The fourth-order valence-electron chi connectivity index (χ4n) is 6.62. The van der Waals surface area contributed by atoms with Crippen LogP contribution < -0.4 is 4.98 Å². The molecule has 0 aliphatic carbocycles. The third-order valence-electron chi connectivity index (χ3n) is 8.72. The number of aromatic amines is 1. The Balaban J connectivity index is 1.15. The first kappa shape index (κ1) is 26.2. The lowest BCUT2D eigenvalue weighted by molar-refractivity contribution is -0.351. The molecule has 0 saturated carbocycles. The average Bonchev–Trinajstić information content (AvgIpc) is 3.60. The van der Waals surface area contributed by atoms with Crippen molar-refractivity contribution in [3.8, 4) is 34.4 Å². The lowest BCUT2D eigenvalue weighted by Gasteiger charge is -2.09. The van der Waals surface area contributed by atoms with Gasteiger partial charge in [0.15, 0.2) is 0 Å². The van der Waals surface area contributed by atoms with E-state index in [9.17, 15) is 0 Å². The highest BCUT2D eigenvalue weighted by atomic mass is 15.1. The summed E-state index contributed by atoms with van der Waals surface area (Å²) in [7, 11) is 0. The van der Waals surface area contributed by atoms with E-state index < -0.39 is 0 Å². The molecule has 7 heteroatoms. The zero-order chi connectivity index (χ0) is 30.8. The van der Waals surface area contributed by atoms with E-state index >= 15 is 0 Å². The van der Waals surface area contributed by atoms with E-state index in [0.29, 0.717) is 0 Å². The Morgan fingerprint density at radius 3 is 1.43 bits per heavy atom. The van der Waals surface area contributed by atoms with E-state index in [0.717, 1.165) is 67.3 Å². The molecule has 0 amide bonds. The van der Waals surface area contributed by atoms with Crippen molar-refractivity contribution in [2.75, 3.05) is 0 Å². The largest absolute Gasteiger partial charge is 0.294 e. The van der Waals surface area contributed by atoms with Gasteiger partial charge in [0.25, 0.3) is 0 Å². The minimum absolute atomic E-state index is 0.844. The SMILES string of the molecule is Cc1ccc2c(c1)c1cnccc1n2-c1cccc(-c2cccc(-c3cccc(-n4c5ccncc5c5cc(C)ccc54)n3)[nH+]2)n1. The van der Waals surface area contributed by atoms with Gasteiger partial charge in [0.2, 0.25) is 11.4 Å². The monoisotopic (exact) mass is 594 g/mol. The fourth-order valence-corrected chi connectivity index (χ4v) is 6.62. The number of rotatable bonds is 4. The molecule has 46 heavy (non-hydrogen) atoms. The zero-order valence-corrected chi connectivity index (χ0v) is 25.3. The molecule has 0 bridgehead atoms. The van der Waals surface area contributed by atoms with Gasteiger partial charge in [-0.3, -0.25) is 19.1 Å². The Morgan fingerprint density at radius 1 is 0.478 bits per heavy atom. The second kappa shape index (κ2) is 10.2. The van der Waals surface area contributed by atoms with Crippen LogP contribution in [0, 0.1) is 13.8 Å². The molecule has 0 unspecified atom stereocenters. The van der Waals surface area contributed by atoms with Gasteiger partial charge in [-0.1, -0.05) is 35.4 Å². The number of nitrogens with zero attached hydrogens (tertiary/aromatic N) is 6. The normalized spacial score (nSPS) is 11.7. The van der Waals surface area contributed by atoms with Crippen molar-refractivity contribution in [2.45, 2.75) is 13.8 Å². The lowest BCUT2D eigenvalue weighted by atomic mass is 10.1. The lowest BCUT2D eigenvalue weighted by Crippen LogP contribution is -2.13. The van der Waals surface area contributed by atoms with Gasteiger partial charge >= 0.3 is 0 Å². The fraction of sp³-hybridized carbons (Fsp3) is 0.0513. The predicted octanol–water partition coefficient (Wildman–Crippen LogP) is 8.23. The molecule has 0 radical (unpaired) electrons. The molecular weight excluding hydrogens is 566 g/mol. The number of H-pyrrole nitrogens is 1. The second-order valence-corrected chi connectivity index (χ2v) is 11.7. The first-order valence-corrected chi connectivity index (χ1v) is 15.3. The van der Waals surface area contributed by atoms with Crippen LogP contribution in [0.4, 0.5) is 0 Å². The topological polar surface area (TPSA) is 75.6 Å². The third-order valence-corrected chi connectivity index (χ3v) is 8.72. The molecule has 9 rings (SSSR count). The summed E-state index contributed by atoms with van der Waals surface area (Å²) in [5.41, 5.74) is 10.3. The highest BCUT2D eigenvalue weighted by Gasteiger charge is 2.18. The van der Waals surface area contributed by atoms with Crippen LogP contribution >= 0.6 is 0 Å². The second-order valence-electron chi connectivity index (χ2n) is 11.7. The Kier molecular flexibility index (Phi) is 5.80. The first-order valence-electron chi connectivity index (χ1n) is 15.3. The van der Waals surface area contributed by atoms with Crippen molar-refractivity contribution in [1.29, 1.82) is 0 Å². The molecule has 0 aliphatic heterocycles. The standard InChI is InChI=1S/C39H27N7/c1-24-12-14-34-26(20-24)28-22-40-18-16-36(28)45(34)38-10-4-8-32(43-38)30-6-3-7-31(42-30)33-9-5-11-39(44-33)46-35-15-13-25(2)21-27(35)29-23-41-19-17-37(29)46/h3-23H,1-2H3/p+1. The van der Waals surface area contributed by atoms with Crippen molar-refractivity contribution in [2.24, 2.45) is 0 Å². The van der Waals surface area contributed by atoms with Crippen LogP contribution in [0.3, 0.4) is 0 Å². The van der Waals surface area contributed by atoms with Crippen LogP contribution in [0.5, 0.6) is 0 Å². The molecule has 218 valence electrons. The smallest absolute Gasteiger partial charge is 0.230 e. The summed E-state index contributed by atoms with van der Waals surface area (Å²) >= 11 is 0. The average molecular weight is 595 g/mol. The van der Waals surface area contributed by atoms with E-state index in [1.807, 2.05) is 43.0 Å². The Morgan fingerprint density at radius 2 is 0.935 bits per heavy atom. The minimum Gasteiger partial charge on any atom is -0.294 e. The van der Waals surface area contributed by atoms with Crippen molar-refractivity contribution in [1.82, 2.24) is 29.1 Å². The van der Waals surface area contributed by atoms with Crippen LogP contribution in [0.1, 0.15) is 11.1 Å². The highest BCUT2D eigenvalue weighted by molar-refractivity contribution is 6.09. The van der Waals surface area contributed by atoms with Gasteiger partial charge in [0.05, 0.1) is 22.1 Å². The Labute approximate surface area is 264 Å². The molecule has 0 atom stereocenters. The molecule has 1 N–H and O–H groups in total. The van der Waals surface area contributed by atoms with Crippen molar-refractivity contribution >= 4 is 43.6 Å². The molecule has 7 heterocycles. The van der Waals surface area contributed by atoms with Gasteiger partial charge in [-0.2, -0.15) is 0 Å². The minimum atomic E-state index is 0.844. The molecule has 0 fully saturated rings. The summed E-state index contributed by atoms with van der Waals surface area (Å²) < 4.78 is 4.43. The molecule has 9 aromatic rings. The van der Waals surface area contributed by atoms with Crippen LogP contribution in [0.2, 0.25) is 0 Å². The molecule has 7 aromatic heterocycles. The maximum atomic E-state index is 5.16. The number of fused-ring (bicyclic) bond motifs is 6. The number of aromatic nitrogens is 7.